The van der Waals surface area contributed by atoms with Gasteiger partial charge in [0.1, 0.15) is 10.7 Å². The fourth-order valence-corrected chi connectivity index (χ4v) is 4.03. The predicted molar refractivity (Wildman–Crippen MR) is 88.7 cm³/mol. The lowest BCUT2D eigenvalue weighted by Crippen LogP contribution is -2.13. The third-order valence-electron chi connectivity index (χ3n) is 2.37. The molecular weight excluding hydrogens is 400 g/mol. The minimum atomic E-state index is -3.76. The fraction of sp³-hybridized carbons (Fsp3) is 0.273. The third-order valence-corrected chi connectivity index (χ3v) is 5.48. The molecule has 0 aliphatic carbocycles. The molecule has 0 fully saturated rings. The second kappa shape index (κ2) is 6.91. The highest BCUT2D eigenvalue weighted by Gasteiger charge is 2.18. The largest absolute Gasteiger partial charge is 0.369 e. The van der Waals surface area contributed by atoms with Crippen molar-refractivity contribution in [1.29, 1.82) is 0 Å². The highest BCUT2D eigenvalue weighted by Crippen LogP contribution is 2.27. The van der Waals surface area contributed by atoms with Crippen molar-refractivity contribution < 1.29 is 8.42 Å². The molecule has 0 radical (unpaired) electrons. The van der Waals surface area contributed by atoms with Gasteiger partial charge in [-0.05, 0) is 28.4 Å². The van der Waals surface area contributed by atoms with Crippen LogP contribution < -0.4 is 10.0 Å². The first-order valence-corrected chi connectivity index (χ1v) is 9.43. The van der Waals surface area contributed by atoms with E-state index in [4.69, 9.17) is 11.6 Å². The van der Waals surface area contributed by atoms with Crippen LogP contribution >= 0.6 is 38.9 Å². The maximum absolute atomic E-state index is 12.2. The normalized spacial score (nSPS) is 11.4. The lowest BCUT2D eigenvalue weighted by molar-refractivity contribution is 0.601. The molecule has 0 saturated carbocycles. The molecule has 10 heteroatoms. The first-order chi connectivity index (χ1) is 9.92. The number of hydrogen-bond acceptors (Lipinski definition) is 6. The minimum absolute atomic E-state index is 0.0131. The average molecular weight is 412 g/mol. The third kappa shape index (κ3) is 4.29. The molecule has 2 rings (SSSR count). The molecular formula is C11H12BrClN4O2S2. The second-order valence-electron chi connectivity index (χ2n) is 4.00. The van der Waals surface area contributed by atoms with Gasteiger partial charge in [0.05, 0.1) is 15.0 Å². The highest BCUT2D eigenvalue weighted by atomic mass is 79.9. The summed E-state index contributed by atoms with van der Waals surface area (Å²) in [4.78, 5) is 7.95. The van der Waals surface area contributed by atoms with Crippen molar-refractivity contribution in [3.8, 4) is 0 Å². The van der Waals surface area contributed by atoms with Gasteiger partial charge in [0.15, 0.2) is 5.13 Å². The second-order valence-corrected chi connectivity index (χ2v) is 8.50. The molecule has 2 aromatic heterocycles. The Hall–Kier alpha value is -0.900. The summed E-state index contributed by atoms with van der Waals surface area (Å²) in [5.74, 6) is 0.467. The minimum Gasteiger partial charge on any atom is -0.369 e. The lowest BCUT2D eigenvalue weighted by Gasteiger charge is -2.09. The molecule has 114 valence electrons. The van der Waals surface area contributed by atoms with Crippen LogP contribution in [0.2, 0.25) is 5.02 Å². The summed E-state index contributed by atoms with van der Waals surface area (Å²) < 4.78 is 27.5. The van der Waals surface area contributed by atoms with Gasteiger partial charge in [0.25, 0.3) is 10.0 Å². The van der Waals surface area contributed by atoms with Crippen molar-refractivity contribution in [2.24, 2.45) is 0 Å². The van der Waals surface area contributed by atoms with Gasteiger partial charge >= 0.3 is 0 Å². The molecule has 0 aliphatic rings. The Labute approximate surface area is 140 Å². The number of hydrogen-bond donors (Lipinski definition) is 2. The van der Waals surface area contributed by atoms with E-state index in [9.17, 15) is 8.42 Å². The zero-order valence-electron chi connectivity index (χ0n) is 10.9. The quantitative estimate of drug-likeness (QED) is 0.759. The van der Waals surface area contributed by atoms with E-state index in [-0.39, 0.29) is 15.0 Å². The number of halogens is 2. The van der Waals surface area contributed by atoms with Crippen molar-refractivity contribution in [3.63, 3.8) is 0 Å². The first-order valence-electron chi connectivity index (χ1n) is 5.96. The predicted octanol–water partition coefficient (Wildman–Crippen LogP) is 3.58. The standard InChI is InChI=1S/C11H12BrClN4O2S2/c1-2-3-14-10-8(13)4-7(5-15-10)21(18,19)17-11-16-6-9(12)20-11/h4-6H,2-3H2,1H3,(H,14,15)(H,16,17). The summed E-state index contributed by atoms with van der Waals surface area (Å²) in [5, 5.41) is 3.55. The molecule has 2 aromatic rings. The summed E-state index contributed by atoms with van der Waals surface area (Å²) in [7, 11) is -3.76. The molecule has 21 heavy (non-hydrogen) atoms. The van der Waals surface area contributed by atoms with Crippen molar-refractivity contribution in [3.05, 3.63) is 27.3 Å². The van der Waals surface area contributed by atoms with Crippen molar-refractivity contribution in [2.75, 3.05) is 16.6 Å². The van der Waals surface area contributed by atoms with E-state index < -0.39 is 10.0 Å². The molecule has 0 bridgehead atoms. The summed E-state index contributed by atoms with van der Waals surface area (Å²) in [5.41, 5.74) is 0. The molecule has 0 atom stereocenters. The van der Waals surface area contributed by atoms with E-state index in [0.29, 0.717) is 12.4 Å². The zero-order chi connectivity index (χ0) is 15.5. The molecule has 0 aromatic carbocycles. The molecule has 2 heterocycles. The molecule has 0 amide bonds. The molecule has 0 unspecified atom stereocenters. The van der Waals surface area contributed by atoms with Gasteiger partial charge in [0.2, 0.25) is 0 Å². The Kier molecular flexibility index (Phi) is 5.42. The maximum atomic E-state index is 12.2. The number of thiazole rings is 1. The van der Waals surface area contributed by atoms with Crippen LogP contribution in [-0.2, 0) is 10.0 Å². The van der Waals surface area contributed by atoms with Crippen LogP contribution in [0.15, 0.2) is 27.1 Å². The van der Waals surface area contributed by atoms with Gasteiger partial charge in [0, 0.05) is 12.7 Å². The van der Waals surface area contributed by atoms with Gasteiger partial charge < -0.3 is 5.32 Å². The Morgan fingerprint density at radius 1 is 1.38 bits per heavy atom. The molecule has 6 nitrogen and oxygen atoms in total. The van der Waals surface area contributed by atoms with Gasteiger partial charge in [-0.3, -0.25) is 4.72 Å². The van der Waals surface area contributed by atoms with Gasteiger partial charge in [-0.1, -0.05) is 29.9 Å². The van der Waals surface area contributed by atoms with Gasteiger partial charge in [-0.25, -0.2) is 18.4 Å². The van der Waals surface area contributed by atoms with Crippen LogP contribution in [0.3, 0.4) is 0 Å². The van der Waals surface area contributed by atoms with E-state index in [1.165, 1.54) is 29.8 Å². The smallest absolute Gasteiger partial charge is 0.265 e. The van der Waals surface area contributed by atoms with E-state index in [0.717, 1.165) is 10.2 Å². The highest BCUT2D eigenvalue weighted by molar-refractivity contribution is 9.11. The van der Waals surface area contributed by atoms with Crippen LogP contribution in [0.25, 0.3) is 0 Å². The number of anilines is 2. The summed E-state index contributed by atoms with van der Waals surface area (Å²) in [6.45, 7) is 2.72. The van der Waals surface area contributed by atoms with Gasteiger partial charge in [-0.2, -0.15) is 0 Å². The summed E-state index contributed by atoms with van der Waals surface area (Å²) in [6, 6.07) is 1.36. The Bertz CT molecular complexity index is 736. The van der Waals surface area contributed by atoms with Crippen LogP contribution in [-0.4, -0.2) is 24.9 Å². The Balaban J connectivity index is 2.22. The Morgan fingerprint density at radius 2 is 2.14 bits per heavy atom. The number of rotatable bonds is 6. The van der Waals surface area contributed by atoms with Crippen LogP contribution in [0.4, 0.5) is 10.9 Å². The summed E-state index contributed by atoms with van der Waals surface area (Å²) in [6.07, 6.45) is 3.69. The van der Waals surface area contributed by atoms with E-state index in [1.807, 2.05) is 6.92 Å². The van der Waals surface area contributed by atoms with Crippen molar-refractivity contribution in [2.45, 2.75) is 18.2 Å². The van der Waals surface area contributed by atoms with Crippen LogP contribution in [0, 0.1) is 0 Å². The summed E-state index contributed by atoms with van der Waals surface area (Å²) >= 11 is 10.4. The average Bonchev–Trinajstić information content (AvgIpc) is 2.82. The lowest BCUT2D eigenvalue weighted by atomic mass is 10.4. The Morgan fingerprint density at radius 3 is 2.71 bits per heavy atom. The number of nitrogens with one attached hydrogen (secondary N) is 2. The molecule has 2 N–H and O–H groups in total. The number of nitrogens with zero attached hydrogens (tertiary/aromatic N) is 2. The number of sulfonamides is 1. The van der Waals surface area contributed by atoms with Crippen LogP contribution in [0.1, 0.15) is 13.3 Å². The van der Waals surface area contributed by atoms with E-state index >= 15 is 0 Å². The molecule has 0 aliphatic heterocycles. The SMILES string of the molecule is CCCNc1ncc(S(=O)(=O)Nc2ncc(Br)s2)cc1Cl. The molecule has 0 saturated heterocycles. The monoisotopic (exact) mass is 410 g/mol. The van der Waals surface area contributed by atoms with Gasteiger partial charge in [-0.15, -0.1) is 0 Å². The first kappa shape index (κ1) is 16.5. The van der Waals surface area contributed by atoms with Crippen molar-refractivity contribution >= 4 is 59.8 Å². The van der Waals surface area contributed by atoms with Crippen molar-refractivity contribution in [1.82, 2.24) is 9.97 Å². The van der Waals surface area contributed by atoms with Crippen LogP contribution in [0.5, 0.6) is 0 Å². The topological polar surface area (TPSA) is 84.0 Å². The fourth-order valence-electron chi connectivity index (χ4n) is 1.42. The number of aromatic nitrogens is 2. The number of pyridine rings is 1. The maximum Gasteiger partial charge on any atom is 0.265 e. The zero-order valence-corrected chi connectivity index (χ0v) is 14.9. The molecule has 0 spiro atoms. The van der Waals surface area contributed by atoms with E-state index in [1.54, 1.807) is 0 Å². The van der Waals surface area contributed by atoms with E-state index in [2.05, 4.69) is 35.9 Å².